The molecule has 5 nitrogen and oxygen atoms in total. The molecule has 144 valence electrons. The van der Waals surface area contributed by atoms with Gasteiger partial charge >= 0.3 is 0 Å². The van der Waals surface area contributed by atoms with Crippen LogP contribution in [0.2, 0.25) is 0 Å². The van der Waals surface area contributed by atoms with Gasteiger partial charge in [0.2, 0.25) is 5.91 Å². The van der Waals surface area contributed by atoms with Crippen LogP contribution in [0.1, 0.15) is 0 Å². The van der Waals surface area contributed by atoms with E-state index in [0.29, 0.717) is 18.9 Å². The van der Waals surface area contributed by atoms with Crippen molar-refractivity contribution in [3.05, 3.63) is 83.3 Å². The van der Waals surface area contributed by atoms with Gasteiger partial charge in [-0.05, 0) is 54.6 Å². The molecule has 0 aliphatic heterocycles. The van der Waals surface area contributed by atoms with Gasteiger partial charge < -0.3 is 20.1 Å². The predicted octanol–water partition coefficient (Wildman–Crippen LogP) is 4.96. The van der Waals surface area contributed by atoms with Gasteiger partial charge in [0.25, 0.3) is 0 Å². The Morgan fingerprint density at radius 3 is 2.14 bits per heavy atom. The molecule has 6 heteroatoms. The highest BCUT2D eigenvalue weighted by Gasteiger charge is 2.03. The van der Waals surface area contributed by atoms with Gasteiger partial charge in [0, 0.05) is 15.8 Å². The summed E-state index contributed by atoms with van der Waals surface area (Å²) in [6.45, 7) is 1.09. The quantitative estimate of drug-likeness (QED) is 0.461. The second kappa shape index (κ2) is 10.4. The van der Waals surface area contributed by atoms with E-state index >= 15 is 0 Å². The average molecular weight is 441 g/mol. The minimum absolute atomic E-state index is 0.120. The third-order valence-corrected chi connectivity index (χ3v) is 4.27. The largest absolute Gasteiger partial charge is 0.490 e. The van der Waals surface area contributed by atoms with E-state index in [1.165, 1.54) is 0 Å². The molecule has 0 unspecified atom stereocenters. The zero-order valence-corrected chi connectivity index (χ0v) is 16.8. The van der Waals surface area contributed by atoms with E-state index in [4.69, 9.17) is 9.47 Å². The summed E-state index contributed by atoms with van der Waals surface area (Å²) >= 11 is 3.40. The molecule has 3 aromatic rings. The van der Waals surface area contributed by atoms with E-state index < -0.39 is 0 Å². The first kappa shape index (κ1) is 19.8. The van der Waals surface area contributed by atoms with E-state index in [1.807, 2.05) is 78.9 Å². The number of nitrogens with one attached hydrogen (secondary N) is 2. The van der Waals surface area contributed by atoms with Gasteiger partial charge in [-0.1, -0.05) is 40.2 Å². The Balaban J connectivity index is 1.38. The summed E-state index contributed by atoms with van der Waals surface area (Å²) in [5.74, 6) is 1.42. The van der Waals surface area contributed by atoms with Crippen molar-refractivity contribution in [1.29, 1.82) is 0 Å². The molecule has 2 N–H and O–H groups in total. The molecule has 0 radical (unpaired) electrons. The van der Waals surface area contributed by atoms with Crippen molar-refractivity contribution in [1.82, 2.24) is 0 Å². The molecule has 0 atom stereocenters. The van der Waals surface area contributed by atoms with E-state index in [9.17, 15) is 4.79 Å². The Morgan fingerprint density at radius 1 is 0.786 bits per heavy atom. The highest BCUT2D eigenvalue weighted by Crippen LogP contribution is 2.17. The maximum Gasteiger partial charge on any atom is 0.243 e. The van der Waals surface area contributed by atoms with Gasteiger partial charge in [0.15, 0.2) is 0 Å². The monoisotopic (exact) mass is 440 g/mol. The minimum Gasteiger partial charge on any atom is -0.490 e. The molecule has 0 aliphatic rings. The SMILES string of the molecule is O=C(CNc1cccc(Br)c1)Nc1ccc(OCCOc2ccccc2)cc1. The summed E-state index contributed by atoms with van der Waals surface area (Å²) in [5.41, 5.74) is 1.60. The van der Waals surface area contributed by atoms with Gasteiger partial charge in [-0.15, -0.1) is 0 Å². The van der Waals surface area contributed by atoms with E-state index in [0.717, 1.165) is 21.7 Å². The fraction of sp³-hybridized carbons (Fsp3) is 0.136. The molecule has 0 saturated heterocycles. The standard InChI is InChI=1S/C22H21BrN2O3/c23-17-5-4-6-19(15-17)24-16-22(26)25-18-9-11-21(12-10-18)28-14-13-27-20-7-2-1-3-8-20/h1-12,15,24H,13-14,16H2,(H,25,26). The number of ether oxygens (including phenoxy) is 2. The first-order chi connectivity index (χ1) is 13.7. The normalized spacial score (nSPS) is 10.2. The van der Waals surface area contributed by atoms with Gasteiger partial charge in [0.1, 0.15) is 24.7 Å². The van der Waals surface area contributed by atoms with Crippen LogP contribution in [0.15, 0.2) is 83.3 Å². The number of anilines is 2. The molecule has 0 aliphatic carbocycles. The fourth-order valence-corrected chi connectivity index (χ4v) is 2.86. The molecule has 3 rings (SSSR count). The zero-order valence-electron chi connectivity index (χ0n) is 15.2. The van der Waals surface area contributed by atoms with Gasteiger partial charge in [0.05, 0.1) is 6.54 Å². The van der Waals surface area contributed by atoms with Crippen LogP contribution in [0.5, 0.6) is 11.5 Å². The lowest BCUT2D eigenvalue weighted by molar-refractivity contribution is -0.114. The van der Waals surface area contributed by atoms with Crippen LogP contribution in [0.3, 0.4) is 0 Å². The van der Waals surface area contributed by atoms with Crippen LogP contribution >= 0.6 is 15.9 Å². The highest BCUT2D eigenvalue weighted by atomic mass is 79.9. The summed E-state index contributed by atoms with van der Waals surface area (Å²) in [7, 11) is 0. The molecule has 0 fully saturated rings. The summed E-state index contributed by atoms with van der Waals surface area (Å²) in [6.07, 6.45) is 0. The molecule has 0 spiro atoms. The van der Waals surface area contributed by atoms with Crippen molar-refractivity contribution < 1.29 is 14.3 Å². The summed E-state index contributed by atoms with van der Waals surface area (Å²) < 4.78 is 12.2. The second-order valence-electron chi connectivity index (χ2n) is 5.95. The van der Waals surface area contributed by atoms with Crippen molar-refractivity contribution in [3.63, 3.8) is 0 Å². The van der Waals surface area contributed by atoms with E-state index in [2.05, 4.69) is 26.6 Å². The van der Waals surface area contributed by atoms with Crippen molar-refractivity contribution in [2.24, 2.45) is 0 Å². The van der Waals surface area contributed by atoms with Crippen LogP contribution in [-0.2, 0) is 4.79 Å². The molecule has 0 bridgehead atoms. The number of carbonyl (C=O) groups excluding carboxylic acids is 1. The number of benzene rings is 3. The molecular formula is C22H21BrN2O3. The second-order valence-corrected chi connectivity index (χ2v) is 6.86. The zero-order chi connectivity index (χ0) is 19.6. The van der Waals surface area contributed by atoms with Crippen molar-refractivity contribution in [3.8, 4) is 11.5 Å². The Morgan fingerprint density at radius 2 is 1.46 bits per heavy atom. The van der Waals surface area contributed by atoms with Crippen LogP contribution in [0, 0.1) is 0 Å². The van der Waals surface area contributed by atoms with Crippen molar-refractivity contribution in [2.75, 3.05) is 30.4 Å². The van der Waals surface area contributed by atoms with Crippen LogP contribution in [-0.4, -0.2) is 25.7 Å². The van der Waals surface area contributed by atoms with Crippen LogP contribution in [0.4, 0.5) is 11.4 Å². The van der Waals surface area contributed by atoms with Gasteiger partial charge in [-0.25, -0.2) is 0 Å². The number of hydrogen-bond acceptors (Lipinski definition) is 4. The minimum atomic E-state index is -0.120. The topological polar surface area (TPSA) is 59.6 Å². The Labute approximate surface area is 172 Å². The van der Waals surface area contributed by atoms with E-state index in [1.54, 1.807) is 0 Å². The number of hydrogen-bond donors (Lipinski definition) is 2. The van der Waals surface area contributed by atoms with Crippen LogP contribution < -0.4 is 20.1 Å². The van der Waals surface area contributed by atoms with E-state index in [-0.39, 0.29) is 12.5 Å². The lowest BCUT2D eigenvalue weighted by atomic mass is 10.3. The summed E-state index contributed by atoms with van der Waals surface area (Å²) in [4.78, 5) is 12.1. The van der Waals surface area contributed by atoms with Crippen molar-refractivity contribution in [2.45, 2.75) is 0 Å². The number of carbonyl (C=O) groups is 1. The Hall–Kier alpha value is -2.99. The smallest absolute Gasteiger partial charge is 0.243 e. The average Bonchev–Trinajstić information content (AvgIpc) is 2.72. The lowest BCUT2D eigenvalue weighted by Gasteiger charge is -2.10. The molecule has 28 heavy (non-hydrogen) atoms. The Kier molecular flexibility index (Phi) is 7.32. The lowest BCUT2D eigenvalue weighted by Crippen LogP contribution is -2.21. The first-order valence-corrected chi connectivity index (χ1v) is 9.68. The molecule has 0 heterocycles. The number of para-hydroxylation sites is 1. The van der Waals surface area contributed by atoms with Crippen molar-refractivity contribution >= 4 is 33.2 Å². The highest BCUT2D eigenvalue weighted by molar-refractivity contribution is 9.10. The van der Waals surface area contributed by atoms with Gasteiger partial charge in [-0.3, -0.25) is 4.79 Å². The maximum atomic E-state index is 12.1. The van der Waals surface area contributed by atoms with Crippen LogP contribution in [0.25, 0.3) is 0 Å². The number of rotatable bonds is 9. The summed E-state index contributed by atoms with van der Waals surface area (Å²) in [5, 5.41) is 5.93. The first-order valence-electron chi connectivity index (χ1n) is 8.89. The Bertz CT molecular complexity index is 886. The third-order valence-electron chi connectivity index (χ3n) is 3.78. The molecule has 0 saturated carbocycles. The predicted molar refractivity (Wildman–Crippen MR) is 115 cm³/mol. The maximum absolute atomic E-state index is 12.1. The number of halogens is 1. The van der Waals surface area contributed by atoms with Gasteiger partial charge in [-0.2, -0.15) is 0 Å². The fourth-order valence-electron chi connectivity index (χ4n) is 2.46. The molecule has 1 amide bonds. The molecular weight excluding hydrogens is 420 g/mol. The molecule has 3 aromatic carbocycles. The number of amides is 1. The third kappa shape index (κ3) is 6.63. The molecule has 0 aromatic heterocycles. The summed E-state index contributed by atoms with van der Waals surface area (Å²) in [6, 6.07) is 24.5.